The molecule has 1 aromatic heterocycles. The minimum atomic E-state index is 0.166. The summed E-state index contributed by atoms with van der Waals surface area (Å²) in [4.78, 5) is 0. The number of aryl methyl sites for hydroxylation is 1. The standard InChI is InChI=1S/C12H13Cl2N3O/c13-11-4-3-9(6-12(11)14)7-17-8-10(15-16-17)2-1-5-18/h3-4,6,8,18H,1-2,5,7H2. The molecule has 96 valence electrons. The molecule has 1 aromatic carbocycles. The molecule has 0 aliphatic heterocycles. The summed E-state index contributed by atoms with van der Waals surface area (Å²) >= 11 is 11.8. The Kier molecular flexibility index (Phi) is 4.58. The Morgan fingerprint density at radius 2 is 2.06 bits per heavy atom. The van der Waals surface area contributed by atoms with Crippen LogP contribution in [0.2, 0.25) is 10.0 Å². The molecule has 2 rings (SSSR count). The molecule has 0 atom stereocenters. The van der Waals surface area contributed by atoms with Crippen molar-refractivity contribution in [1.82, 2.24) is 15.0 Å². The van der Waals surface area contributed by atoms with Crippen LogP contribution in [-0.4, -0.2) is 26.7 Å². The zero-order valence-electron chi connectivity index (χ0n) is 9.68. The summed E-state index contributed by atoms with van der Waals surface area (Å²) in [6.45, 7) is 0.767. The normalized spacial score (nSPS) is 10.8. The highest BCUT2D eigenvalue weighted by molar-refractivity contribution is 6.42. The molecular weight excluding hydrogens is 273 g/mol. The molecule has 4 nitrogen and oxygen atoms in total. The number of nitrogens with zero attached hydrogens (tertiary/aromatic N) is 3. The minimum Gasteiger partial charge on any atom is -0.396 e. The number of rotatable bonds is 5. The predicted octanol–water partition coefficient (Wildman–Crippen LogP) is 2.56. The van der Waals surface area contributed by atoms with Gasteiger partial charge in [0.2, 0.25) is 0 Å². The van der Waals surface area contributed by atoms with Gasteiger partial charge in [0, 0.05) is 12.8 Å². The second-order valence-electron chi connectivity index (χ2n) is 3.98. The molecule has 1 N–H and O–H groups in total. The van der Waals surface area contributed by atoms with Gasteiger partial charge in [-0.05, 0) is 30.5 Å². The molecule has 0 spiro atoms. The van der Waals surface area contributed by atoms with Gasteiger partial charge in [-0.1, -0.05) is 34.5 Å². The van der Waals surface area contributed by atoms with Crippen LogP contribution < -0.4 is 0 Å². The van der Waals surface area contributed by atoms with Crippen LogP contribution in [0.25, 0.3) is 0 Å². The molecule has 0 radical (unpaired) electrons. The van der Waals surface area contributed by atoms with Crippen molar-refractivity contribution < 1.29 is 5.11 Å². The first-order valence-electron chi connectivity index (χ1n) is 5.63. The SMILES string of the molecule is OCCCc1cn(Cc2ccc(Cl)c(Cl)c2)nn1. The van der Waals surface area contributed by atoms with Gasteiger partial charge < -0.3 is 5.11 Å². The molecule has 18 heavy (non-hydrogen) atoms. The second-order valence-corrected chi connectivity index (χ2v) is 4.80. The van der Waals surface area contributed by atoms with Crippen molar-refractivity contribution in [2.24, 2.45) is 0 Å². The lowest BCUT2D eigenvalue weighted by Crippen LogP contribution is -2.00. The molecule has 0 saturated heterocycles. The number of hydrogen-bond acceptors (Lipinski definition) is 3. The summed E-state index contributed by atoms with van der Waals surface area (Å²) in [7, 11) is 0. The monoisotopic (exact) mass is 285 g/mol. The first-order chi connectivity index (χ1) is 8.69. The minimum absolute atomic E-state index is 0.166. The summed E-state index contributed by atoms with van der Waals surface area (Å²) in [5.41, 5.74) is 1.90. The van der Waals surface area contributed by atoms with Gasteiger partial charge in [0.25, 0.3) is 0 Å². The van der Waals surface area contributed by atoms with E-state index in [1.807, 2.05) is 18.3 Å². The van der Waals surface area contributed by atoms with E-state index in [1.165, 1.54) is 0 Å². The molecule has 0 bridgehead atoms. The van der Waals surface area contributed by atoms with E-state index in [1.54, 1.807) is 10.7 Å². The van der Waals surface area contributed by atoms with Crippen LogP contribution in [0.5, 0.6) is 0 Å². The quantitative estimate of drug-likeness (QED) is 0.919. The Morgan fingerprint density at radius 1 is 1.22 bits per heavy atom. The Hall–Kier alpha value is -1.10. The molecule has 0 aliphatic carbocycles. The molecule has 1 heterocycles. The fraction of sp³-hybridized carbons (Fsp3) is 0.333. The second kappa shape index (κ2) is 6.18. The van der Waals surface area contributed by atoms with E-state index in [4.69, 9.17) is 28.3 Å². The van der Waals surface area contributed by atoms with Crippen molar-refractivity contribution in [3.8, 4) is 0 Å². The first kappa shape index (κ1) is 13.3. The van der Waals surface area contributed by atoms with Gasteiger partial charge in [0.05, 0.1) is 22.3 Å². The Balaban J connectivity index is 2.04. The average molecular weight is 286 g/mol. The number of benzene rings is 1. The van der Waals surface area contributed by atoms with E-state index in [9.17, 15) is 0 Å². The number of aromatic nitrogens is 3. The molecule has 6 heteroatoms. The lowest BCUT2D eigenvalue weighted by molar-refractivity contribution is 0.288. The molecular formula is C12H13Cl2N3O. The maximum atomic E-state index is 8.74. The number of halogens is 2. The molecule has 0 fully saturated rings. The first-order valence-corrected chi connectivity index (χ1v) is 6.38. The molecule has 0 unspecified atom stereocenters. The van der Waals surface area contributed by atoms with E-state index >= 15 is 0 Å². The maximum Gasteiger partial charge on any atom is 0.0828 e. The van der Waals surface area contributed by atoms with Crippen LogP contribution in [0.3, 0.4) is 0 Å². The van der Waals surface area contributed by atoms with Gasteiger partial charge >= 0.3 is 0 Å². The summed E-state index contributed by atoms with van der Waals surface area (Å²) < 4.78 is 1.74. The third kappa shape index (κ3) is 3.45. The fourth-order valence-corrected chi connectivity index (χ4v) is 1.94. The highest BCUT2D eigenvalue weighted by atomic mass is 35.5. The zero-order valence-corrected chi connectivity index (χ0v) is 11.2. The number of aliphatic hydroxyl groups is 1. The van der Waals surface area contributed by atoms with Crippen LogP contribution in [-0.2, 0) is 13.0 Å². The highest BCUT2D eigenvalue weighted by Gasteiger charge is 2.03. The number of hydrogen-bond donors (Lipinski definition) is 1. The topological polar surface area (TPSA) is 50.9 Å². The van der Waals surface area contributed by atoms with Crippen LogP contribution in [0.4, 0.5) is 0 Å². The van der Waals surface area contributed by atoms with Crippen LogP contribution in [0.15, 0.2) is 24.4 Å². The van der Waals surface area contributed by atoms with E-state index in [0.29, 0.717) is 23.0 Å². The van der Waals surface area contributed by atoms with Crippen LogP contribution in [0.1, 0.15) is 17.7 Å². The van der Waals surface area contributed by atoms with Gasteiger partial charge in [0.1, 0.15) is 0 Å². The van der Waals surface area contributed by atoms with Crippen molar-refractivity contribution in [2.45, 2.75) is 19.4 Å². The van der Waals surface area contributed by atoms with Gasteiger partial charge in [-0.15, -0.1) is 5.10 Å². The van der Waals surface area contributed by atoms with Gasteiger partial charge in [-0.2, -0.15) is 0 Å². The van der Waals surface area contributed by atoms with Gasteiger partial charge in [0.15, 0.2) is 0 Å². The molecule has 2 aromatic rings. The smallest absolute Gasteiger partial charge is 0.0828 e. The Bertz CT molecular complexity index is 528. The number of aliphatic hydroxyl groups excluding tert-OH is 1. The lowest BCUT2D eigenvalue weighted by atomic mass is 10.2. The Morgan fingerprint density at radius 3 is 2.78 bits per heavy atom. The van der Waals surface area contributed by atoms with Gasteiger partial charge in [-0.25, -0.2) is 4.68 Å². The summed E-state index contributed by atoms with van der Waals surface area (Å²) in [5, 5.41) is 17.9. The van der Waals surface area contributed by atoms with E-state index in [-0.39, 0.29) is 6.61 Å². The molecule has 0 aliphatic rings. The molecule has 0 amide bonds. The third-order valence-electron chi connectivity index (χ3n) is 2.51. The largest absolute Gasteiger partial charge is 0.396 e. The van der Waals surface area contributed by atoms with Crippen molar-refractivity contribution in [3.05, 3.63) is 45.7 Å². The summed E-state index contributed by atoms with van der Waals surface area (Å²) in [6.07, 6.45) is 3.31. The maximum absolute atomic E-state index is 8.74. The van der Waals surface area contributed by atoms with E-state index in [0.717, 1.165) is 17.7 Å². The van der Waals surface area contributed by atoms with Gasteiger partial charge in [-0.3, -0.25) is 0 Å². The summed E-state index contributed by atoms with van der Waals surface area (Å²) in [5.74, 6) is 0. The summed E-state index contributed by atoms with van der Waals surface area (Å²) in [6, 6.07) is 5.49. The lowest BCUT2D eigenvalue weighted by Gasteiger charge is -2.02. The molecule has 0 saturated carbocycles. The van der Waals surface area contributed by atoms with Crippen LogP contribution in [0, 0.1) is 0 Å². The van der Waals surface area contributed by atoms with Crippen molar-refractivity contribution in [1.29, 1.82) is 0 Å². The van der Waals surface area contributed by atoms with Crippen LogP contribution >= 0.6 is 23.2 Å². The van der Waals surface area contributed by atoms with Crippen molar-refractivity contribution >= 4 is 23.2 Å². The van der Waals surface area contributed by atoms with E-state index < -0.39 is 0 Å². The fourth-order valence-electron chi connectivity index (χ4n) is 1.62. The third-order valence-corrected chi connectivity index (χ3v) is 3.24. The predicted molar refractivity (Wildman–Crippen MR) is 71.0 cm³/mol. The van der Waals surface area contributed by atoms with Crippen molar-refractivity contribution in [2.75, 3.05) is 6.61 Å². The Labute approximate surface area is 115 Å². The zero-order chi connectivity index (χ0) is 13.0. The van der Waals surface area contributed by atoms with E-state index in [2.05, 4.69) is 10.3 Å². The average Bonchev–Trinajstić information content (AvgIpc) is 2.79. The highest BCUT2D eigenvalue weighted by Crippen LogP contribution is 2.22. The van der Waals surface area contributed by atoms with Crippen molar-refractivity contribution in [3.63, 3.8) is 0 Å².